The van der Waals surface area contributed by atoms with Gasteiger partial charge in [-0.2, -0.15) is 0 Å². The highest BCUT2D eigenvalue weighted by molar-refractivity contribution is 6.32. The van der Waals surface area contributed by atoms with Crippen LogP contribution in [0.1, 0.15) is 22.3 Å². The number of benzene rings is 4. The van der Waals surface area contributed by atoms with E-state index in [0.29, 0.717) is 33.8 Å². The second kappa shape index (κ2) is 27.2. The van der Waals surface area contributed by atoms with E-state index in [0.717, 1.165) is 23.4 Å². The third-order valence-corrected chi connectivity index (χ3v) is 7.87. The highest BCUT2D eigenvalue weighted by Gasteiger charge is 2.14. The number of nitrogen functional groups attached to an aromatic ring is 1. The summed E-state index contributed by atoms with van der Waals surface area (Å²) in [5.41, 5.74) is 9.99. The van der Waals surface area contributed by atoms with Gasteiger partial charge < -0.3 is 41.4 Å². The van der Waals surface area contributed by atoms with Crippen LogP contribution in [0.4, 0.5) is 39.8 Å². The monoisotopic (exact) mass is 891 g/mol. The first kappa shape index (κ1) is 52.4. The Bertz CT molecular complexity index is 2420. The molecule has 4 aromatic carbocycles. The van der Waals surface area contributed by atoms with Crippen molar-refractivity contribution in [1.29, 1.82) is 0 Å². The number of nitrogens with zero attached hydrogens (tertiary/aromatic N) is 3. The van der Waals surface area contributed by atoms with Gasteiger partial charge in [-0.15, -0.1) is 0 Å². The average molecular weight is 892 g/mol. The molecule has 332 valence electrons. The van der Waals surface area contributed by atoms with Crippen LogP contribution in [0, 0.1) is 30.3 Å². The zero-order valence-corrected chi connectivity index (χ0v) is 34.9. The summed E-state index contributed by atoms with van der Waals surface area (Å²) in [4.78, 5) is 72.5. The summed E-state index contributed by atoms with van der Waals surface area (Å²) in [6, 6.07) is 18.6. The summed E-state index contributed by atoms with van der Waals surface area (Å²) in [5, 5.41) is 57.1. The second-order valence-electron chi connectivity index (χ2n) is 11.7. The highest BCUT2D eigenvalue weighted by atomic mass is 35.5. The molecule has 0 unspecified atom stereocenters. The molecule has 63 heavy (non-hydrogen) atoms. The van der Waals surface area contributed by atoms with Crippen molar-refractivity contribution in [1.82, 2.24) is 0 Å². The minimum atomic E-state index is -1.12. The minimum absolute atomic E-state index is 0.0208. The van der Waals surface area contributed by atoms with Crippen molar-refractivity contribution < 1.29 is 53.6 Å². The van der Waals surface area contributed by atoms with Gasteiger partial charge >= 0.3 is 23.9 Å². The first-order chi connectivity index (χ1) is 29.8. The lowest BCUT2D eigenvalue weighted by molar-refractivity contribution is -0.384. The molecule has 0 saturated carbocycles. The van der Waals surface area contributed by atoms with Crippen LogP contribution < -0.4 is 21.7 Å². The summed E-state index contributed by atoms with van der Waals surface area (Å²) in [6.45, 7) is 0. The maximum absolute atomic E-state index is 10.9. The molecular weight excluding hydrogens is 850 g/mol. The van der Waals surface area contributed by atoms with Crippen LogP contribution in [-0.2, 0) is 28.7 Å². The molecule has 21 nitrogen and oxygen atoms in total. The molecule has 0 bridgehead atoms. The summed E-state index contributed by atoms with van der Waals surface area (Å²) >= 11 is 5.57. The number of carbonyl (C=O) groups excluding carboxylic acids is 2. The van der Waals surface area contributed by atoms with E-state index in [9.17, 15) is 49.5 Å². The number of anilines is 4. The molecule has 0 spiro atoms. The number of nitro benzene ring substituents is 3. The molecule has 0 fully saturated rings. The zero-order chi connectivity index (χ0) is 47.6. The van der Waals surface area contributed by atoms with Gasteiger partial charge in [0, 0.05) is 63.6 Å². The fraction of sp³-hybridized carbons (Fsp3) is 0.122. The maximum Gasteiger partial charge on any atom is 0.330 e. The van der Waals surface area contributed by atoms with Crippen LogP contribution in [0.3, 0.4) is 0 Å². The Morgan fingerprint density at radius 3 is 1.19 bits per heavy atom. The minimum Gasteiger partial charge on any atom is -0.478 e. The number of carboxylic acid groups (broad SMARTS) is 2. The molecule has 0 radical (unpaired) electrons. The number of esters is 2. The molecule has 4 rings (SSSR count). The second-order valence-corrected chi connectivity index (χ2v) is 12.1. The Morgan fingerprint density at radius 1 is 0.556 bits per heavy atom. The Balaban J connectivity index is 0.000000421. The normalized spacial score (nSPS) is 10.3. The van der Waals surface area contributed by atoms with Gasteiger partial charge in [0.2, 0.25) is 0 Å². The fourth-order valence-corrected chi connectivity index (χ4v) is 4.70. The first-order valence-electron chi connectivity index (χ1n) is 17.6. The average Bonchev–Trinajstić information content (AvgIpc) is 3.26. The number of carbonyl (C=O) groups is 4. The van der Waals surface area contributed by atoms with Gasteiger partial charge in [0.15, 0.2) is 0 Å². The van der Waals surface area contributed by atoms with Crippen LogP contribution in [0.2, 0.25) is 5.02 Å². The van der Waals surface area contributed by atoms with E-state index in [4.69, 9.17) is 27.5 Å². The van der Waals surface area contributed by atoms with Gasteiger partial charge in [-0.25, -0.2) is 19.2 Å². The number of nitrogens with one attached hydrogen (secondary N) is 3. The number of methoxy groups -OCH3 is 2. The van der Waals surface area contributed by atoms with Crippen molar-refractivity contribution in [3.63, 3.8) is 0 Å². The molecule has 0 aliphatic rings. The van der Waals surface area contributed by atoms with E-state index in [1.165, 1.54) is 81.0 Å². The van der Waals surface area contributed by atoms with E-state index in [1.807, 2.05) is 12.1 Å². The third-order valence-electron chi connectivity index (χ3n) is 7.55. The molecule has 22 heteroatoms. The van der Waals surface area contributed by atoms with Gasteiger partial charge in [-0.1, -0.05) is 35.9 Å². The topological polar surface area (TPSA) is 319 Å². The summed E-state index contributed by atoms with van der Waals surface area (Å²) in [7, 11) is 7.58. The number of carboxylic acids is 2. The van der Waals surface area contributed by atoms with E-state index in [-0.39, 0.29) is 28.1 Å². The van der Waals surface area contributed by atoms with Crippen molar-refractivity contribution in [3.8, 4) is 0 Å². The van der Waals surface area contributed by atoms with Gasteiger partial charge in [-0.05, 0) is 76.9 Å². The van der Waals surface area contributed by atoms with Gasteiger partial charge in [0.05, 0.1) is 40.4 Å². The molecule has 4 aromatic rings. The van der Waals surface area contributed by atoms with Crippen LogP contribution in [-0.4, -0.2) is 84.2 Å². The molecule has 0 aliphatic heterocycles. The molecule has 0 amide bonds. The Labute approximate surface area is 364 Å². The molecular formula is C41H42ClN7O14. The predicted molar refractivity (Wildman–Crippen MR) is 239 cm³/mol. The van der Waals surface area contributed by atoms with Crippen molar-refractivity contribution in [2.24, 2.45) is 0 Å². The number of halogens is 1. The van der Waals surface area contributed by atoms with E-state index in [1.54, 1.807) is 51.5 Å². The number of nitro groups is 3. The lowest BCUT2D eigenvalue weighted by atomic mass is 10.1. The highest BCUT2D eigenvalue weighted by Crippen LogP contribution is 2.27. The number of nitrogens with two attached hydrogens (primary N) is 1. The molecule has 0 heterocycles. The van der Waals surface area contributed by atoms with Crippen LogP contribution in [0.25, 0.3) is 24.3 Å². The van der Waals surface area contributed by atoms with Crippen LogP contribution >= 0.6 is 11.6 Å². The van der Waals surface area contributed by atoms with Crippen LogP contribution in [0.5, 0.6) is 0 Å². The number of hydrogen-bond acceptors (Lipinski definition) is 16. The number of rotatable bonds is 14. The zero-order valence-electron chi connectivity index (χ0n) is 34.1. The third kappa shape index (κ3) is 19.4. The van der Waals surface area contributed by atoms with Gasteiger partial charge in [0.1, 0.15) is 16.4 Å². The predicted octanol–water partition coefficient (Wildman–Crippen LogP) is 7.40. The number of hydrogen-bond donors (Lipinski definition) is 6. The molecule has 0 atom stereocenters. The number of ether oxygens (including phenoxy) is 2. The Hall–Kier alpha value is -8.59. The number of aliphatic carboxylic acids is 2. The van der Waals surface area contributed by atoms with Crippen molar-refractivity contribution in [2.45, 2.75) is 0 Å². The maximum atomic E-state index is 10.9. The molecule has 7 N–H and O–H groups in total. The largest absolute Gasteiger partial charge is 0.478 e. The Morgan fingerprint density at radius 2 is 0.873 bits per heavy atom. The SMILES string of the molecule is CNc1ccc(/C=C/C(=O)O)cc1[N+](=O)[O-].CNc1ccc(/C=C/C(=O)OC)cc1N.CNc1ccc(/C=C/C(=O)OC)cc1[N+](=O)[O-].O=C(O)/C=C/c1ccc(Cl)c([N+](=O)[O-])c1. The summed E-state index contributed by atoms with van der Waals surface area (Å²) in [6.07, 6.45) is 10.1. The summed E-state index contributed by atoms with van der Waals surface area (Å²) in [5.74, 6) is -3.11. The summed E-state index contributed by atoms with van der Waals surface area (Å²) < 4.78 is 8.90. The van der Waals surface area contributed by atoms with E-state index < -0.39 is 32.7 Å². The quantitative estimate of drug-likeness (QED) is 0.0236. The lowest BCUT2D eigenvalue weighted by Gasteiger charge is -2.04. The smallest absolute Gasteiger partial charge is 0.330 e. The molecule has 0 saturated heterocycles. The lowest BCUT2D eigenvalue weighted by Crippen LogP contribution is -1.97. The first-order valence-corrected chi connectivity index (χ1v) is 18.0. The van der Waals surface area contributed by atoms with Gasteiger partial charge in [-0.3, -0.25) is 30.3 Å². The van der Waals surface area contributed by atoms with Crippen LogP contribution in [0.15, 0.2) is 97.1 Å². The van der Waals surface area contributed by atoms with E-state index in [2.05, 4.69) is 25.4 Å². The fourth-order valence-electron chi connectivity index (χ4n) is 4.52. The van der Waals surface area contributed by atoms with E-state index >= 15 is 0 Å². The van der Waals surface area contributed by atoms with Gasteiger partial charge in [0.25, 0.3) is 17.1 Å². The van der Waals surface area contributed by atoms with Crippen molar-refractivity contribution >= 4 is 99.6 Å². The molecule has 0 aliphatic carbocycles. The standard InChI is InChI=1S/C11H12N2O4.C11H14N2O2.C10H10N2O4.C9H6ClNO4/c1-12-9-5-3-8(4-6-11(14)17-2)7-10(9)13(15)16;1-13-10-5-3-8(7-9(10)12)4-6-11(14)15-2;1-11-8-4-2-7(3-5-10(13)14)6-9(8)12(15)16;10-7-3-1-6(2-4-9(12)13)5-8(7)11(14)15/h3-7,12H,1-2H3;3-7,13H,12H2,1-2H3;2-6,11H,1H3,(H,13,14);1-5H,(H,12,13)/b2*6-4+;5-3+;4-2+. The van der Waals surface area contributed by atoms with Crippen molar-refractivity contribution in [3.05, 3.63) is 155 Å². The Kier molecular flexibility index (Phi) is 22.7. The molecule has 0 aromatic heterocycles. The van der Waals surface area contributed by atoms with Crippen molar-refractivity contribution in [2.75, 3.05) is 57.0 Å².